The zero-order chi connectivity index (χ0) is 12.8. The molecule has 0 aliphatic rings. The summed E-state index contributed by atoms with van der Waals surface area (Å²) in [5.41, 5.74) is 3.70. The number of nitriles is 1. The number of benzene rings is 1. The molecule has 6 heteroatoms. The maximum absolute atomic E-state index is 11.4. The quantitative estimate of drug-likeness (QED) is 0.656. The molecule has 96 valence electrons. The van der Waals surface area contributed by atoms with E-state index in [1.54, 1.807) is 36.4 Å². The van der Waals surface area contributed by atoms with Crippen LogP contribution in [0.4, 0.5) is 0 Å². The lowest BCUT2D eigenvalue weighted by molar-refractivity contribution is 0.0927. The van der Waals surface area contributed by atoms with E-state index in [9.17, 15) is 4.79 Å². The summed E-state index contributed by atoms with van der Waals surface area (Å²) in [6.45, 7) is 0. The number of amides is 1. The van der Waals surface area contributed by atoms with E-state index in [0.29, 0.717) is 5.56 Å². The third-order valence-corrected chi connectivity index (χ3v) is 2.16. The van der Waals surface area contributed by atoms with Crippen LogP contribution in [0.1, 0.15) is 21.7 Å². The SMILES string of the molecule is N#Cc1ccc(/C=N/NC(=O)c2ccco2)cc1.O. The summed E-state index contributed by atoms with van der Waals surface area (Å²) in [5, 5.41) is 12.4. The lowest BCUT2D eigenvalue weighted by Gasteiger charge is -1.95. The number of carbonyl (C=O) groups excluding carboxylic acids is 1. The molecule has 0 fully saturated rings. The molecule has 0 aliphatic carbocycles. The molecule has 0 saturated heterocycles. The number of nitrogens with one attached hydrogen (secondary N) is 1. The Morgan fingerprint density at radius 2 is 2.05 bits per heavy atom. The Balaban J connectivity index is 0.00000180. The number of hydrogen-bond donors (Lipinski definition) is 1. The van der Waals surface area contributed by atoms with Crippen molar-refractivity contribution in [2.24, 2.45) is 5.10 Å². The maximum atomic E-state index is 11.4. The predicted molar refractivity (Wildman–Crippen MR) is 68.5 cm³/mol. The average molecular weight is 257 g/mol. The third-order valence-electron chi connectivity index (χ3n) is 2.16. The Hall–Kier alpha value is -2.91. The summed E-state index contributed by atoms with van der Waals surface area (Å²) in [6.07, 6.45) is 2.90. The minimum atomic E-state index is -0.412. The normalized spacial score (nSPS) is 9.63. The standard InChI is InChI=1S/C13H9N3O2.H2O/c14-8-10-3-5-11(6-4-10)9-15-16-13(17)12-2-1-7-18-12;/h1-7,9H,(H,16,17);1H2/b15-9+;. The van der Waals surface area contributed by atoms with Crippen molar-refractivity contribution in [3.05, 3.63) is 59.5 Å². The number of hydrazone groups is 1. The highest BCUT2D eigenvalue weighted by Crippen LogP contribution is 2.01. The molecule has 1 aromatic heterocycles. The van der Waals surface area contributed by atoms with E-state index in [4.69, 9.17) is 9.68 Å². The van der Waals surface area contributed by atoms with Crippen LogP contribution in [0.25, 0.3) is 0 Å². The summed E-state index contributed by atoms with van der Waals surface area (Å²) in [6, 6.07) is 12.0. The number of carbonyl (C=O) groups is 1. The number of hydrogen-bond acceptors (Lipinski definition) is 4. The molecule has 2 aromatic rings. The summed E-state index contributed by atoms with van der Waals surface area (Å²) in [5.74, 6) is -0.211. The topological polar surface area (TPSA) is 110 Å². The zero-order valence-electron chi connectivity index (χ0n) is 9.83. The molecule has 0 unspecified atom stereocenters. The zero-order valence-corrected chi connectivity index (χ0v) is 9.83. The van der Waals surface area contributed by atoms with Crippen LogP contribution in [0.15, 0.2) is 52.2 Å². The van der Waals surface area contributed by atoms with Gasteiger partial charge in [-0.3, -0.25) is 4.79 Å². The fourth-order valence-corrected chi connectivity index (χ4v) is 1.27. The van der Waals surface area contributed by atoms with E-state index in [0.717, 1.165) is 5.56 Å². The summed E-state index contributed by atoms with van der Waals surface area (Å²) in [7, 11) is 0. The van der Waals surface area contributed by atoms with Crippen LogP contribution in [-0.2, 0) is 0 Å². The summed E-state index contributed by atoms with van der Waals surface area (Å²) >= 11 is 0. The van der Waals surface area contributed by atoms with Crippen LogP contribution in [0.3, 0.4) is 0 Å². The van der Waals surface area contributed by atoms with Crippen LogP contribution in [0.5, 0.6) is 0 Å². The Labute approximate surface area is 109 Å². The van der Waals surface area contributed by atoms with Gasteiger partial charge in [-0.1, -0.05) is 12.1 Å². The molecule has 3 N–H and O–H groups in total. The van der Waals surface area contributed by atoms with Gasteiger partial charge in [-0.25, -0.2) is 5.43 Å². The van der Waals surface area contributed by atoms with Crippen molar-refractivity contribution in [2.75, 3.05) is 0 Å². The molecule has 0 radical (unpaired) electrons. The van der Waals surface area contributed by atoms with Gasteiger partial charge >= 0.3 is 5.91 Å². The monoisotopic (exact) mass is 257 g/mol. The van der Waals surface area contributed by atoms with Crippen molar-refractivity contribution in [2.45, 2.75) is 0 Å². The number of furan rings is 1. The molecule has 0 spiro atoms. The summed E-state index contributed by atoms with van der Waals surface area (Å²) < 4.78 is 4.91. The highest BCUT2D eigenvalue weighted by molar-refractivity contribution is 5.92. The molecule has 1 amide bonds. The molecular formula is C13H11N3O3. The smallest absolute Gasteiger partial charge is 0.307 e. The molecule has 0 bridgehead atoms. The van der Waals surface area contributed by atoms with E-state index in [1.807, 2.05) is 6.07 Å². The predicted octanol–water partition coefficient (Wildman–Crippen LogP) is 1.09. The minimum absolute atomic E-state index is 0. The van der Waals surface area contributed by atoms with Gasteiger partial charge in [0.2, 0.25) is 0 Å². The van der Waals surface area contributed by atoms with Crippen molar-refractivity contribution in [3.8, 4) is 6.07 Å². The van der Waals surface area contributed by atoms with Gasteiger partial charge in [0, 0.05) is 0 Å². The van der Waals surface area contributed by atoms with Gasteiger partial charge in [-0.15, -0.1) is 0 Å². The Bertz CT molecular complexity index is 595. The fraction of sp³-hybridized carbons (Fsp3) is 0. The van der Waals surface area contributed by atoms with Crippen LogP contribution in [0.2, 0.25) is 0 Å². The number of rotatable bonds is 3. The van der Waals surface area contributed by atoms with Crippen LogP contribution < -0.4 is 5.43 Å². The van der Waals surface area contributed by atoms with Crippen molar-refractivity contribution in [1.82, 2.24) is 5.43 Å². The van der Waals surface area contributed by atoms with E-state index in [1.165, 1.54) is 12.5 Å². The molecule has 0 aliphatic heterocycles. The van der Waals surface area contributed by atoms with E-state index in [-0.39, 0.29) is 11.2 Å². The second-order valence-corrected chi connectivity index (χ2v) is 3.41. The molecular weight excluding hydrogens is 246 g/mol. The fourth-order valence-electron chi connectivity index (χ4n) is 1.27. The first-order valence-corrected chi connectivity index (χ1v) is 5.16. The average Bonchev–Trinajstić information content (AvgIpc) is 2.93. The van der Waals surface area contributed by atoms with Crippen LogP contribution in [-0.4, -0.2) is 17.6 Å². The van der Waals surface area contributed by atoms with Crippen LogP contribution in [0, 0.1) is 11.3 Å². The number of nitrogens with zero attached hydrogens (tertiary/aromatic N) is 2. The lowest BCUT2D eigenvalue weighted by atomic mass is 10.2. The molecule has 2 rings (SSSR count). The second kappa shape index (κ2) is 6.74. The Morgan fingerprint density at radius 1 is 1.32 bits per heavy atom. The second-order valence-electron chi connectivity index (χ2n) is 3.41. The van der Waals surface area contributed by atoms with Gasteiger partial charge < -0.3 is 9.89 Å². The first-order chi connectivity index (χ1) is 8.79. The Kier molecular flexibility index (Phi) is 5.02. The molecule has 0 saturated carbocycles. The van der Waals surface area contributed by atoms with Gasteiger partial charge in [-0.2, -0.15) is 10.4 Å². The molecule has 6 nitrogen and oxygen atoms in total. The van der Waals surface area contributed by atoms with Gasteiger partial charge in [0.1, 0.15) is 0 Å². The van der Waals surface area contributed by atoms with Gasteiger partial charge in [0.15, 0.2) is 5.76 Å². The molecule has 1 aromatic carbocycles. The van der Waals surface area contributed by atoms with Gasteiger partial charge in [0.25, 0.3) is 0 Å². The van der Waals surface area contributed by atoms with Crippen LogP contribution >= 0.6 is 0 Å². The largest absolute Gasteiger partial charge is 0.459 e. The van der Waals surface area contributed by atoms with Crippen molar-refractivity contribution in [1.29, 1.82) is 5.26 Å². The molecule has 19 heavy (non-hydrogen) atoms. The highest BCUT2D eigenvalue weighted by atomic mass is 16.3. The maximum Gasteiger partial charge on any atom is 0.307 e. The highest BCUT2D eigenvalue weighted by Gasteiger charge is 2.05. The van der Waals surface area contributed by atoms with Crippen molar-refractivity contribution >= 4 is 12.1 Å². The van der Waals surface area contributed by atoms with E-state index >= 15 is 0 Å². The molecule has 1 heterocycles. The molecule has 0 atom stereocenters. The summed E-state index contributed by atoms with van der Waals surface area (Å²) in [4.78, 5) is 11.4. The van der Waals surface area contributed by atoms with Crippen molar-refractivity contribution in [3.63, 3.8) is 0 Å². The first kappa shape index (κ1) is 14.2. The first-order valence-electron chi connectivity index (χ1n) is 5.16. The third kappa shape index (κ3) is 3.80. The van der Waals surface area contributed by atoms with E-state index < -0.39 is 5.91 Å². The Morgan fingerprint density at radius 3 is 2.63 bits per heavy atom. The van der Waals surface area contributed by atoms with Gasteiger partial charge in [-0.05, 0) is 29.8 Å². The minimum Gasteiger partial charge on any atom is -0.459 e. The van der Waals surface area contributed by atoms with Gasteiger partial charge in [0.05, 0.1) is 24.1 Å². The lowest BCUT2D eigenvalue weighted by Crippen LogP contribution is -2.16. The van der Waals surface area contributed by atoms with E-state index in [2.05, 4.69) is 10.5 Å². The van der Waals surface area contributed by atoms with Crippen molar-refractivity contribution < 1.29 is 14.7 Å².